The summed E-state index contributed by atoms with van der Waals surface area (Å²) in [6, 6.07) is 17.0. The summed E-state index contributed by atoms with van der Waals surface area (Å²) in [6.07, 6.45) is 0.300. The lowest BCUT2D eigenvalue weighted by Gasteiger charge is -2.25. The highest BCUT2D eigenvalue weighted by atomic mass is 15.3. The first kappa shape index (κ1) is 10.2. The Labute approximate surface area is 102 Å². The molecule has 2 nitrogen and oxygen atoms in total. The zero-order valence-corrected chi connectivity index (χ0v) is 10.1. The van der Waals surface area contributed by atoms with Crippen LogP contribution >= 0.6 is 0 Å². The van der Waals surface area contributed by atoms with Crippen molar-refractivity contribution < 1.29 is 0 Å². The molecule has 0 saturated heterocycles. The van der Waals surface area contributed by atoms with Gasteiger partial charge in [0.25, 0.3) is 0 Å². The molecule has 0 saturated carbocycles. The zero-order valence-electron chi connectivity index (χ0n) is 10.1. The summed E-state index contributed by atoms with van der Waals surface area (Å²) >= 11 is 0. The molecule has 3 rings (SSSR count). The predicted octanol–water partition coefficient (Wildman–Crippen LogP) is 3.90. The Kier molecular flexibility index (Phi) is 2.29. The van der Waals surface area contributed by atoms with E-state index in [9.17, 15) is 0 Å². The quantitative estimate of drug-likeness (QED) is 0.790. The van der Waals surface area contributed by atoms with Crippen molar-refractivity contribution in [1.29, 1.82) is 0 Å². The monoisotopic (exact) mass is 224 g/mol. The molecule has 0 radical (unpaired) electrons. The van der Waals surface area contributed by atoms with Gasteiger partial charge < -0.3 is 10.2 Å². The lowest BCUT2D eigenvalue weighted by Crippen LogP contribution is -2.28. The Hall–Kier alpha value is -1.96. The second-order valence-electron chi connectivity index (χ2n) is 4.49. The van der Waals surface area contributed by atoms with Crippen LogP contribution in [-0.2, 0) is 0 Å². The molecule has 2 heteroatoms. The van der Waals surface area contributed by atoms with Crippen LogP contribution in [0.1, 0.15) is 12.5 Å². The molecule has 1 atom stereocenters. The molecule has 1 heterocycles. The van der Waals surface area contributed by atoms with Gasteiger partial charge in [-0.1, -0.05) is 30.3 Å². The Morgan fingerprint density at radius 3 is 2.35 bits per heavy atom. The molecular formula is C15H16N2. The molecule has 86 valence electrons. The Balaban J connectivity index is 2.13. The maximum atomic E-state index is 3.50. The number of rotatable bonds is 1. The fraction of sp³-hybridized carbons (Fsp3) is 0.200. The van der Waals surface area contributed by atoms with Crippen molar-refractivity contribution in [3.8, 4) is 0 Å². The normalized spacial score (nSPS) is 17.8. The van der Waals surface area contributed by atoms with Crippen LogP contribution in [0, 0.1) is 6.92 Å². The van der Waals surface area contributed by atoms with Crippen molar-refractivity contribution in [3.63, 3.8) is 0 Å². The van der Waals surface area contributed by atoms with Gasteiger partial charge in [-0.3, -0.25) is 0 Å². The van der Waals surface area contributed by atoms with Gasteiger partial charge in [0.05, 0.1) is 11.4 Å². The molecule has 17 heavy (non-hydrogen) atoms. The van der Waals surface area contributed by atoms with Crippen LogP contribution in [-0.4, -0.2) is 6.17 Å². The first-order chi connectivity index (χ1) is 8.27. The van der Waals surface area contributed by atoms with E-state index in [1.165, 1.54) is 22.6 Å². The molecule has 0 amide bonds. The van der Waals surface area contributed by atoms with Crippen LogP contribution in [0.25, 0.3) is 0 Å². The molecule has 1 N–H and O–H groups in total. The number of hydrogen-bond donors (Lipinski definition) is 1. The van der Waals surface area contributed by atoms with Crippen LogP contribution in [0.15, 0.2) is 48.5 Å². The average Bonchev–Trinajstić information content (AvgIpc) is 2.66. The Bertz CT molecular complexity index is 548. The number of fused-ring (bicyclic) bond motifs is 1. The van der Waals surface area contributed by atoms with E-state index in [4.69, 9.17) is 0 Å². The number of nitrogens with zero attached hydrogens (tertiary/aromatic N) is 1. The molecule has 2 aromatic carbocycles. The van der Waals surface area contributed by atoms with E-state index in [-0.39, 0.29) is 0 Å². The molecule has 0 aliphatic carbocycles. The van der Waals surface area contributed by atoms with Crippen molar-refractivity contribution in [2.75, 3.05) is 10.2 Å². The number of aryl methyl sites for hydroxylation is 1. The summed E-state index contributed by atoms with van der Waals surface area (Å²) in [7, 11) is 0. The second-order valence-corrected chi connectivity index (χ2v) is 4.49. The largest absolute Gasteiger partial charge is 0.363 e. The third kappa shape index (κ3) is 1.57. The van der Waals surface area contributed by atoms with Gasteiger partial charge in [0.15, 0.2) is 0 Å². The van der Waals surface area contributed by atoms with E-state index < -0.39 is 0 Å². The minimum atomic E-state index is 0.300. The molecule has 1 aliphatic heterocycles. The molecule has 0 fully saturated rings. The maximum absolute atomic E-state index is 3.50. The summed E-state index contributed by atoms with van der Waals surface area (Å²) in [5.41, 5.74) is 5.05. The average molecular weight is 224 g/mol. The first-order valence-corrected chi connectivity index (χ1v) is 5.98. The van der Waals surface area contributed by atoms with Gasteiger partial charge in [-0.25, -0.2) is 0 Å². The number of hydrogen-bond acceptors (Lipinski definition) is 2. The summed E-state index contributed by atoms with van der Waals surface area (Å²) in [6.45, 7) is 4.34. The SMILES string of the molecule is Cc1ccccc1N1c2ccccc2NC1C. The highest BCUT2D eigenvalue weighted by molar-refractivity contribution is 5.83. The van der Waals surface area contributed by atoms with Gasteiger partial charge in [-0.05, 0) is 37.6 Å². The third-order valence-corrected chi connectivity index (χ3v) is 3.29. The molecule has 2 aromatic rings. The van der Waals surface area contributed by atoms with E-state index in [2.05, 4.69) is 72.6 Å². The highest BCUT2D eigenvalue weighted by Gasteiger charge is 2.26. The van der Waals surface area contributed by atoms with E-state index in [0.717, 1.165) is 0 Å². The van der Waals surface area contributed by atoms with Crippen molar-refractivity contribution in [3.05, 3.63) is 54.1 Å². The van der Waals surface area contributed by atoms with Crippen molar-refractivity contribution >= 4 is 17.1 Å². The van der Waals surface area contributed by atoms with E-state index in [1.54, 1.807) is 0 Å². The summed E-state index contributed by atoms with van der Waals surface area (Å²) in [4.78, 5) is 2.35. The molecule has 0 aromatic heterocycles. The Morgan fingerprint density at radius 2 is 1.59 bits per heavy atom. The molecule has 1 unspecified atom stereocenters. The topological polar surface area (TPSA) is 15.3 Å². The van der Waals surface area contributed by atoms with Crippen LogP contribution in [0.3, 0.4) is 0 Å². The summed E-state index contributed by atoms with van der Waals surface area (Å²) < 4.78 is 0. The standard InChI is InChI=1S/C15H16N2/c1-11-7-3-5-9-14(11)17-12(2)16-13-8-4-6-10-15(13)17/h3-10,12,16H,1-2H3. The highest BCUT2D eigenvalue weighted by Crippen LogP contribution is 2.40. The van der Waals surface area contributed by atoms with Gasteiger partial charge >= 0.3 is 0 Å². The predicted molar refractivity (Wildman–Crippen MR) is 72.8 cm³/mol. The number of benzene rings is 2. The number of anilines is 3. The molecule has 0 bridgehead atoms. The van der Waals surface area contributed by atoms with Gasteiger partial charge in [0, 0.05) is 5.69 Å². The van der Waals surface area contributed by atoms with Crippen molar-refractivity contribution in [2.24, 2.45) is 0 Å². The fourth-order valence-corrected chi connectivity index (χ4v) is 2.48. The lowest BCUT2D eigenvalue weighted by atomic mass is 10.1. The first-order valence-electron chi connectivity index (χ1n) is 5.98. The second kappa shape index (κ2) is 3.81. The molecule has 1 aliphatic rings. The number of nitrogens with one attached hydrogen (secondary N) is 1. The van der Waals surface area contributed by atoms with Crippen molar-refractivity contribution in [1.82, 2.24) is 0 Å². The van der Waals surface area contributed by atoms with Crippen LogP contribution in [0.5, 0.6) is 0 Å². The minimum Gasteiger partial charge on any atom is -0.363 e. The third-order valence-electron chi connectivity index (χ3n) is 3.29. The molecule has 0 spiro atoms. The number of para-hydroxylation sites is 3. The maximum Gasteiger partial charge on any atom is 0.101 e. The van der Waals surface area contributed by atoms with Gasteiger partial charge in [0.1, 0.15) is 6.17 Å². The van der Waals surface area contributed by atoms with Crippen LogP contribution in [0.2, 0.25) is 0 Å². The smallest absolute Gasteiger partial charge is 0.101 e. The fourth-order valence-electron chi connectivity index (χ4n) is 2.48. The van der Waals surface area contributed by atoms with Crippen LogP contribution < -0.4 is 10.2 Å². The molecular weight excluding hydrogens is 208 g/mol. The van der Waals surface area contributed by atoms with Gasteiger partial charge in [0.2, 0.25) is 0 Å². The van der Waals surface area contributed by atoms with Crippen LogP contribution in [0.4, 0.5) is 17.1 Å². The zero-order chi connectivity index (χ0) is 11.8. The van der Waals surface area contributed by atoms with Gasteiger partial charge in [-0.2, -0.15) is 0 Å². The van der Waals surface area contributed by atoms with E-state index >= 15 is 0 Å². The van der Waals surface area contributed by atoms with Gasteiger partial charge in [-0.15, -0.1) is 0 Å². The lowest BCUT2D eigenvalue weighted by molar-refractivity contribution is 0.840. The summed E-state index contributed by atoms with van der Waals surface area (Å²) in [5, 5.41) is 3.50. The van der Waals surface area contributed by atoms with E-state index in [0.29, 0.717) is 6.17 Å². The summed E-state index contributed by atoms with van der Waals surface area (Å²) in [5.74, 6) is 0. The Morgan fingerprint density at radius 1 is 0.941 bits per heavy atom. The minimum absolute atomic E-state index is 0.300. The van der Waals surface area contributed by atoms with E-state index in [1.807, 2.05) is 0 Å². The van der Waals surface area contributed by atoms with Crippen molar-refractivity contribution in [2.45, 2.75) is 20.0 Å².